The van der Waals surface area contributed by atoms with E-state index in [-0.39, 0.29) is 5.91 Å². The fraction of sp³-hybridized carbons (Fsp3) is 0.444. The van der Waals surface area contributed by atoms with Crippen LogP contribution in [0, 0.1) is 11.8 Å². The molecule has 2 aromatic rings. The summed E-state index contributed by atoms with van der Waals surface area (Å²) in [5.74, 6) is 1.52. The molecule has 120 valence electrons. The molecule has 2 aliphatic heterocycles. The zero-order valence-corrected chi connectivity index (χ0v) is 13.2. The first-order valence-corrected chi connectivity index (χ1v) is 8.42. The van der Waals surface area contributed by atoms with E-state index < -0.39 is 0 Å². The van der Waals surface area contributed by atoms with Gasteiger partial charge in [0.25, 0.3) is 5.91 Å². The SMILES string of the molecule is O=C(c1ccn(-c2ccccc2)n1)N1CC[C@@H]2CNC[C@@H]2CC1. The highest BCUT2D eigenvalue weighted by atomic mass is 16.2. The summed E-state index contributed by atoms with van der Waals surface area (Å²) < 4.78 is 1.77. The van der Waals surface area contributed by atoms with Crippen LogP contribution in [-0.2, 0) is 0 Å². The van der Waals surface area contributed by atoms with E-state index in [0.29, 0.717) is 5.69 Å². The summed E-state index contributed by atoms with van der Waals surface area (Å²) in [5.41, 5.74) is 1.52. The molecule has 2 saturated heterocycles. The summed E-state index contributed by atoms with van der Waals surface area (Å²) in [6, 6.07) is 11.7. The monoisotopic (exact) mass is 310 g/mol. The van der Waals surface area contributed by atoms with Crippen molar-refractivity contribution in [1.82, 2.24) is 20.0 Å². The Morgan fingerprint density at radius 1 is 1.04 bits per heavy atom. The van der Waals surface area contributed by atoms with Crippen LogP contribution in [0.25, 0.3) is 5.69 Å². The van der Waals surface area contributed by atoms with Crippen molar-refractivity contribution < 1.29 is 4.79 Å². The highest BCUT2D eigenvalue weighted by Gasteiger charge is 2.32. The molecular weight excluding hydrogens is 288 g/mol. The minimum absolute atomic E-state index is 0.0626. The smallest absolute Gasteiger partial charge is 0.274 e. The lowest BCUT2D eigenvalue weighted by Gasteiger charge is -2.19. The minimum Gasteiger partial charge on any atom is -0.337 e. The standard InChI is InChI=1S/C18H22N4O/c23-18(21-9-6-14-12-19-13-15(14)7-10-21)17-8-11-22(20-17)16-4-2-1-3-5-16/h1-5,8,11,14-15,19H,6-7,9-10,12-13H2/t14-,15+. The van der Waals surface area contributed by atoms with E-state index in [4.69, 9.17) is 0 Å². The molecule has 1 amide bonds. The quantitative estimate of drug-likeness (QED) is 0.922. The van der Waals surface area contributed by atoms with Crippen molar-refractivity contribution in [3.63, 3.8) is 0 Å². The number of fused-ring (bicyclic) bond motifs is 1. The average Bonchev–Trinajstić information content (AvgIpc) is 3.21. The first-order valence-electron chi connectivity index (χ1n) is 8.42. The van der Waals surface area contributed by atoms with Crippen molar-refractivity contribution in [2.45, 2.75) is 12.8 Å². The second kappa shape index (κ2) is 6.16. The molecule has 5 nitrogen and oxygen atoms in total. The number of likely N-dealkylation sites (tertiary alicyclic amines) is 1. The Morgan fingerprint density at radius 2 is 1.74 bits per heavy atom. The van der Waals surface area contributed by atoms with Gasteiger partial charge in [0, 0.05) is 19.3 Å². The summed E-state index contributed by atoms with van der Waals surface area (Å²) in [7, 11) is 0. The Hall–Kier alpha value is -2.14. The van der Waals surface area contributed by atoms with Gasteiger partial charge in [-0.1, -0.05) is 18.2 Å². The third-order valence-corrected chi connectivity index (χ3v) is 5.14. The Balaban J connectivity index is 1.48. The third kappa shape index (κ3) is 2.88. The van der Waals surface area contributed by atoms with Crippen molar-refractivity contribution in [3.8, 4) is 5.69 Å². The van der Waals surface area contributed by atoms with E-state index in [1.807, 2.05) is 47.5 Å². The van der Waals surface area contributed by atoms with Crippen molar-refractivity contribution in [3.05, 3.63) is 48.3 Å². The number of nitrogens with zero attached hydrogens (tertiary/aromatic N) is 3. The number of para-hydroxylation sites is 1. The molecule has 0 unspecified atom stereocenters. The van der Waals surface area contributed by atoms with E-state index in [1.165, 1.54) is 0 Å². The maximum absolute atomic E-state index is 12.8. The van der Waals surface area contributed by atoms with Gasteiger partial charge in [-0.15, -0.1) is 0 Å². The van der Waals surface area contributed by atoms with Crippen LogP contribution in [0.2, 0.25) is 0 Å². The lowest BCUT2D eigenvalue weighted by Crippen LogP contribution is -2.33. The summed E-state index contributed by atoms with van der Waals surface area (Å²) >= 11 is 0. The predicted octanol–water partition coefficient (Wildman–Crippen LogP) is 1.94. The molecule has 3 heterocycles. The molecule has 0 saturated carbocycles. The molecule has 2 aliphatic rings. The minimum atomic E-state index is 0.0626. The molecule has 0 radical (unpaired) electrons. The maximum Gasteiger partial charge on any atom is 0.274 e. The number of amides is 1. The lowest BCUT2D eigenvalue weighted by atomic mass is 9.92. The van der Waals surface area contributed by atoms with Crippen LogP contribution in [0.1, 0.15) is 23.3 Å². The van der Waals surface area contributed by atoms with E-state index in [0.717, 1.165) is 56.5 Å². The normalized spacial score (nSPS) is 24.3. The predicted molar refractivity (Wildman–Crippen MR) is 88.6 cm³/mol. The number of rotatable bonds is 2. The molecule has 5 heteroatoms. The second-order valence-electron chi connectivity index (χ2n) is 6.53. The number of carbonyl (C=O) groups is 1. The van der Waals surface area contributed by atoms with E-state index in [9.17, 15) is 4.79 Å². The van der Waals surface area contributed by atoms with Gasteiger partial charge >= 0.3 is 0 Å². The molecule has 2 atom stereocenters. The van der Waals surface area contributed by atoms with Crippen LogP contribution in [0.15, 0.2) is 42.6 Å². The number of carbonyl (C=O) groups excluding carboxylic acids is 1. The number of benzene rings is 1. The number of aromatic nitrogens is 2. The molecule has 1 N–H and O–H groups in total. The van der Waals surface area contributed by atoms with E-state index >= 15 is 0 Å². The van der Waals surface area contributed by atoms with Crippen LogP contribution in [0.3, 0.4) is 0 Å². The average molecular weight is 310 g/mol. The van der Waals surface area contributed by atoms with E-state index in [1.54, 1.807) is 4.68 Å². The Bertz CT molecular complexity index is 667. The Kier molecular flexibility index (Phi) is 3.87. The summed E-state index contributed by atoms with van der Waals surface area (Å²) in [4.78, 5) is 14.7. The Morgan fingerprint density at radius 3 is 2.43 bits per heavy atom. The fourth-order valence-corrected chi connectivity index (χ4v) is 3.75. The van der Waals surface area contributed by atoms with Gasteiger partial charge in [0.2, 0.25) is 0 Å². The summed E-state index contributed by atoms with van der Waals surface area (Å²) in [5, 5.41) is 7.94. The van der Waals surface area contributed by atoms with Gasteiger partial charge in [0.1, 0.15) is 0 Å². The summed E-state index contributed by atoms with van der Waals surface area (Å²) in [6.07, 6.45) is 4.06. The van der Waals surface area contributed by atoms with Crippen molar-refractivity contribution in [2.75, 3.05) is 26.2 Å². The van der Waals surface area contributed by atoms with Crippen LogP contribution in [0.5, 0.6) is 0 Å². The fourth-order valence-electron chi connectivity index (χ4n) is 3.75. The molecule has 0 spiro atoms. The van der Waals surface area contributed by atoms with Crippen LogP contribution in [-0.4, -0.2) is 46.8 Å². The zero-order valence-electron chi connectivity index (χ0n) is 13.2. The van der Waals surface area contributed by atoms with Crippen LogP contribution >= 0.6 is 0 Å². The first kappa shape index (κ1) is 14.5. The number of hydrogen-bond donors (Lipinski definition) is 1. The maximum atomic E-state index is 12.8. The lowest BCUT2D eigenvalue weighted by molar-refractivity contribution is 0.0752. The van der Waals surface area contributed by atoms with Gasteiger partial charge in [-0.05, 0) is 56.0 Å². The molecular formula is C18H22N4O. The molecule has 2 fully saturated rings. The molecule has 1 aromatic carbocycles. The van der Waals surface area contributed by atoms with E-state index in [2.05, 4.69) is 10.4 Å². The zero-order chi connectivity index (χ0) is 15.6. The van der Waals surface area contributed by atoms with Gasteiger partial charge in [-0.2, -0.15) is 5.10 Å². The van der Waals surface area contributed by atoms with Gasteiger partial charge in [0.15, 0.2) is 5.69 Å². The van der Waals surface area contributed by atoms with Crippen molar-refractivity contribution >= 4 is 5.91 Å². The van der Waals surface area contributed by atoms with Crippen molar-refractivity contribution in [1.29, 1.82) is 0 Å². The molecule has 0 aliphatic carbocycles. The Labute approximate surface area is 136 Å². The van der Waals surface area contributed by atoms with Gasteiger partial charge in [0.05, 0.1) is 5.69 Å². The molecule has 4 rings (SSSR count). The largest absolute Gasteiger partial charge is 0.337 e. The third-order valence-electron chi connectivity index (χ3n) is 5.14. The first-order chi connectivity index (χ1) is 11.3. The van der Waals surface area contributed by atoms with Crippen LogP contribution < -0.4 is 5.32 Å². The van der Waals surface area contributed by atoms with Crippen LogP contribution in [0.4, 0.5) is 0 Å². The summed E-state index contributed by atoms with van der Waals surface area (Å²) in [6.45, 7) is 3.91. The topological polar surface area (TPSA) is 50.2 Å². The van der Waals surface area contributed by atoms with Gasteiger partial charge < -0.3 is 10.2 Å². The van der Waals surface area contributed by atoms with Crippen molar-refractivity contribution in [2.24, 2.45) is 11.8 Å². The molecule has 1 aromatic heterocycles. The number of hydrogen-bond acceptors (Lipinski definition) is 3. The van der Waals surface area contributed by atoms with Gasteiger partial charge in [-0.25, -0.2) is 4.68 Å². The molecule has 23 heavy (non-hydrogen) atoms. The molecule has 0 bridgehead atoms. The second-order valence-corrected chi connectivity index (χ2v) is 6.53. The van der Waals surface area contributed by atoms with Gasteiger partial charge in [-0.3, -0.25) is 4.79 Å². The number of nitrogens with one attached hydrogen (secondary N) is 1. The highest BCUT2D eigenvalue weighted by molar-refractivity contribution is 5.92. The highest BCUT2D eigenvalue weighted by Crippen LogP contribution is 2.27.